The zero-order chi connectivity index (χ0) is 10.2. The summed E-state index contributed by atoms with van der Waals surface area (Å²) in [6.45, 7) is 0. The van der Waals surface area contributed by atoms with Crippen molar-refractivity contribution in [2.45, 2.75) is 5.51 Å². The third-order valence-electron chi connectivity index (χ3n) is 0.572. The van der Waals surface area contributed by atoms with E-state index in [2.05, 4.69) is 0 Å². The van der Waals surface area contributed by atoms with Crippen molar-refractivity contribution in [1.29, 1.82) is 0 Å². The van der Waals surface area contributed by atoms with Crippen LogP contribution >= 0.6 is 0 Å². The summed E-state index contributed by atoms with van der Waals surface area (Å²) in [5, 5.41) is 0. The van der Waals surface area contributed by atoms with Crippen molar-refractivity contribution in [2.24, 2.45) is 0 Å². The third-order valence-corrected chi connectivity index (χ3v) is 3.80. The van der Waals surface area contributed by atoms with Gasteiger partial charge in [0.1, 0.15) is 0 Å². The first kappa shape index (κ1) is 8.91. The van der Waals surface area contributed by atoms with E-state index in [1.165, 1.54) is 0 Å². The summed E-state index contributed by atoms with van der Waals surface area (Å²) in [5.41, 5.74) is -5.79. The van der Waals surface area contributed by atoms with E-state index in [1.807, 2.05) is 0 Å². The van der Waals surface area contributed by atoms with Gasteiger partial charge in [-0.05, 0) is 0 Å². The molecule has 9 heteroatoms. The minimum Gasteiger partial charge on any atom is -0.240 e. The Balaban J connectivity index is 5.04. The summed E-state index contributed by atoms with van der Waals surface area (Å²) >= 11 is 0. The smallest absolute Gasteiger partial charge is 0.240 e. The maximum absolute atomic E-state index is 11.6. The van der Waals surface area contributed by atoms with Gasteiger partial charge in [-0.25, -0.2) is 17.0 Å². The minimum atomic E-state index is -6.07. The van der Waals surface area contributed by atoms with E-state index in [0.29, 0.717) is 0 Å². The summed E-state index contributed by atoms with van der Waals surface area (Å²) in [4.78, 5) is 0. The molecule has 0 aromatic rings. The molecule has 0 N–H and O–H groups in total. The van der Waals surface area contributed by atoms with Crippen molar-refractivity contribution in [1.82, 2.24) is 0 Å². The molecule has 0 spiro atoms. The number of alkyl halides is 4. The van der Waals surface area contributed by atoms with E-state index in [-0.39, 0.29) is 0 Å². The van der Waals surface area contributed by atoms with Gasteiger partial charge >= 0.3 is 14.4 Å². The highest BCUT2D eigenvalue weighted by atomic mass is 33.2. The lowest BCUT2D eigenvalue weighted by Gasteiger charge is -2.03. The fraction of sp³-hybridized carbons (Fsp3) is 1.00. The lowest BCUT2D eigenvalue weighted by Crippen LogP contribution is -2.27. The molecule has 0 aromatic carbocycles. The monoisotopic (exact) mass is 216 g/mol. The lowest BCUT2D eigenvalue weighted by molar-refractivity contribution is -0.0411. The van der Waals surface area contributed by atoms with Crippen LogP contribution in [0.3, 0.4) is 0 Å². The molecule has 0 rings (SSSR count). The Morgan fingerprint density at radius 3 is 1.91 bits per heavy atom. The van der Waals surface area contributed by atoms with Crippen LogP contribution in [0, 0.1) is 0 Å². The SMILES string of the molecule is [3H]C(F)S(=O)S(=O)(=O)C(F)(F)F. The predicted octanol–water partition coefficient (Wildman–Crippen LogP) is 0.512. The van der Waals surface area contributed by atoms with Crippen LogP contribution in [0.5, 0.6) is 0 Å². The van der Waals surface area contributed by atoms with Crippen molar-refractivity contribution >= 4 is 18.7 Å². The van der Waals surface area contributed by atoms with E-state index in [9.17, 15) is 30.2 Å². The van der Waals surface area contributed by atoms with Gasteiger partial charge in [-0.1, -0.05) is 0 Å². The molecule has 0 amide bonds. The molecule has 0 aliphatic carbocycles. The Hall–Kier alpha value is -0.180. The molecule has 0 saturated carbocycles. The Morgan fingerprint density at radius 1 is 1.45 bits per heavy atom. The van der Waals surface area contributed by atoms with Crippen molar-refractivity contribution < 1.29 is 31.6 Å². The van der Waals surface area contributed by atoms with Crippen LogP contribution in [0.2, 0.25) is 0 Å². The summed E-state index contributed by atoms with van der Waals surface area (Å²) in [7, 11) is -9.97. The lowest BCUT2D eigenvalue weighted by atomic mass is 11.6. The van der Waals surface area contributed by atoms with Crippen LogP contribution in [-0.2, 0) is 18.7 Å². The zero-order valence-electron chi connectivity index (χ0n) is 5.63. The second-order valence-electron chi connectivity index (χ2n) is 1.25. The number of halogens is 4. The van der Waals surface area contributed by atoms with Gasteiger partial charge in [0.15, 0.2) is 15.8 Å². The predicted molar refractivity (Wildman–Crippen MR) is 29.1 cm³/mol. The highest BCUT2D eigenvalue weighted by molar-refractivity contribution is 8.64. The first-order chi connectivity index (χ1) is 5.10. The van der Waals surface area contributed by atoms with Crippen molar-refractivity contribution in [3.8, 4) is 0 Å². The van der Waals surface area contributed by atoms with E-state index in [4.69, 9.17) is 1.37 Å². The molecule has 0 aliphatic heterocycles. The minimum absolute atomic E-state index is 3.31. The van der Waals surface area contributed by atoms with Crippen LogP contribution in [0.15, 0.2) is 0 Å². The quantitative estimate of drug-likeness (QED) is 0.499. The molecule has 0 heterocycles. The fourth-order valence-electron chi connectivity index (χ4n) is 0.141. The summed E-state index contributed by atoms with van der Waals surface area (Å²) in [6, 6.07) is 0. The van der Waals surface area contributed by atoms with Gasteiger partial charge in [0.2, 0.25) is 0 Å². The Labute approximate surface area is 62.6 Å². The molecule has 11 heavy (non-hydrogen) atoms. The van der Waals surface area contributed by atoms with E-state index < -0.39 is 30.2 Å². The molecule has 0 aliphatic rings. The van der Waals surface area contributed by atoms with Crippen molar-refractivity contribution in [3.05, 3.63) is 0 Å². The van der Waals surface area contributed by atoms with Crippen LogP contribution in [0.1, 0.15) is 1.37 Å². The van der Waals surface area contributed by atoms with Gasteiger partial charge in [0.05, 0.1) is 1.37 Å². The van der Waals surface area contributed by atoms with Gasteiger partial charge in [-0.3, -0.25) is 0 Å². The Bertz CT molecular complexity index is 279. The van der Waals surface area contributed by atoms with Crippen LogP contribution in [0.25, 0.3) is 0 Å². The summed E-state index contributed by atoms with van der Waals surface area (Å²) < 4.78 is 81.8. The van der Waals surface area contributed by atoms with E-state index in [1.54, 1.807) is 0 Å². The van der Waals surface area contributed by atoms with Gasteiger partial charge in [0.25, 0.3) is 0 Å². The fourth-order valence-corrected chi connectivity index (χ4v) is 1.27. The normalized spacial score (nSPS) is 20.5. The standard InChI is InChI=1S/C2H2F4O3S2/c3-1-10(7)11(8,9)2(4,5)6/h1H2/i1T. The average Bonchev–Trinajstić information content (AvgIpc) is 1.83. The van der Waals surface area contributed by atoms with E-state index >= 15 is 0 Å². The van der Waals surface area contributed by atoms with E-state index in [0.717, 1.165) is 0 Å². The Morgan fingerprint density at radius 2 is 1.82 bits per heavy atom. The van der Waals surface area contributed by atoms with Crippen LogP contribution < -0.4 is 0 Å². The number of hydrogen-bond acceptors (Lipinski definition) is 3. The summed E-state index contributed by atoms with van der Waals surface area (Å²) in [6.07, 6.45) is 0. The van der Waals surface area contributed by atoms with Crippen molar-refractivity contribution in [3.63, 3.8) is 0 Å². The molecule has 68 valence electrons. The summed E-state index contributed by atoms with van der Waals surface area (Å²) in [5.74, 6) is -3.31. The molecule has 3 nitrogen and oxygen atoms in total. The maximum atomic E-state index is 11.6. The van der Waals surface area contributed by atoms with Crippen LogP contribution in [-0.4, -0.2) is 24.1 Å². The van der Waals surface area contributed by atoms with Gasteiger partial charge < -0.3 is 0 Å². The molecule has 2 atom stereocenters. The highest BCUT2D eigenvalue weighted by Gasteiger charge is 2.50. The first-order valence-corrected chi connectivity index (χ1v) is 5.10. The average molecular weight is 216 g/mol. The molecular weight excluding hydrogens is 212 g/mol. The molecule has 2 unspecified atom stereocenters. The third kappa shape index (κ3) is 2.12. The van der Waals surface area contributed by atoms with Gasteiger partial charge in [0, 0.05) is 0 Å². The maximum Gasteiger partial charge on any atom is 0.509 e. The molecular formula is C2H2F4O3S2. The molecule has 0 bridgehead atoms. The highest BCUT2D eigenvalue weighted by Crippen LogP contribution is 2.26. The molecule has 0 radical (unpaired) electrons. The second-order valence-corrected chi connectivity index (χ2v) is 5.62. The Kier molecular flexibility index (Phi) is 2.47. The largest absolute Gasteiger partial charge is 0.509 e. The van der Waals surface area contributed by atoms with Gasteiger partial charge in [-0.15, -0.1) is 0 Å². The van der Waals surface area contributed by atoms with Gasteiger partial charge in [-0.2, -0.15) is 13.2 Å². The second kappa shape index (κ2) is 3.05. The number of hydrogen-bond donors (Lipinski definition) is 0. The van der Waals surface area contributed by atoms with Crippen molar-refractivity contribution in [2.75, 3.05) is 5.98 Å². The molecule has 0 aromatic heterocycles. The first-order valence-electron chi connectivity index (χ1n) is 2.47. The zero-order valence-corrected chi connectivity index (χ0v) is 6.26. The number of rotatable bonds is 2. The molecule has 0 fully saturated rings. The molecule has 0 saturated heterocycles. The van der Waals surface area contributed by atoms with Crippen LogP contribution in [0.4, 0.5) is 17.6 Å². The topological polar surface area (TPSA) is 51.2 Å².